The van der Waals surface area contributed by atoms with E-state index in [0.717, 1.165) is 62.6 Å². The number of hydrogen-bond donors (Lipinski definition) is 0. The summed E-state index contributed by atoms with van der Waals surface area (Å²) in [5.41, 5.74) is 28.2. The molecular formula is C71H64BN5. The SMILES string of the molecule is Cc1ccc(N(c2ccc(C)cc2)c2cc3c4c(c2)N(c2ccc(C(C)(C)C)cc2)c2c(cc5c6ccccc6n(C)c5c2N(c2ccc(C)cc2)c2ccc(C)cc2)B4c2cc(C)ccc2N3c2ccc(C)cc2)cc1. The van der Waals surface area contributed by atoms with Crippen molar-refractivity contribution < 1.29 is 0 Å². The number of hydrogen-bond acceptors (Lipinski definition) is 4. The molecule has 2 aliphatic rings. The fourth-order valence-corrected chi connectivity index (χ4v) is 12.2. The monoisotopic (exact) mass is 998 g/mol. The molecule has 5 nitrogen and oxygen atoms in total. The average molecular weight is 998 g/mol. The normalized spacial score (nSPS) is 12.7. The molecule has 2 aliphatic heterocycles. The molecule has 0 saturated carbocycles. The van der Waals surface area contributed by atoms with Crippen LogP contribution in [0, 0.1) is 41.5 Å². The van der Waals surface area contributed by atoms with Crippen molar-refractivity contribution in [1.29, 1.82) is 0 Å². The lowest BCUT2D eigenvalue weighted by Gasteiger charge is -2.46. The maximum absolute atomic E-state index is 2.64. The van der Waals surface area contributed by atoms with Crippen LogP contribution < -0.4 is 36.0 Å². The highest BCUT2D eigenvalue weighted by Gasteiger charge is 2.46. The molecule has 0 saturated heterocycles. The van der Waals surface area contributed by atoms with Crippen LogP contribution in [-0.2, 0) is 12.5 Å². The molecule has 3 heterocycles. The lowest BCUT2D eigenvalue weighted by molar-refractivity contribution is 0.590. The van der Waals surface area contributed by atoms with Gasteiger partial charge in [-0.2, -0.15) is 0 Å². The second-order valence-electron chi connectivity index (χ2n) is 22.8. The van der Waals surface area contributed by atoms with E-state index in [1.54, 1.807) is 0 Å². The van der Waals surface area contributed by atoms with E-state index in [-0.39, 0.29) is 12.1 Å². The van der Waals surface area contributed by atoms with Crippen LogP contribution in [0.1, 0.15) is 59.7 Å². The summed E-state index contributed by atoms with van der Waals surface area (Å²) >= 11 is 0. The van der Waals surface area contributed by atoms with E-state index in [0.29, 0.717) is 0 Å². The Hall–Kier alpha value is -8.74. The maximum Gasteiger partial charge on any atom is 0.252 e. The number of anilines is 12. The van der Waals surface area contributed by atoms with Crippen molar-refractivity contribution in [2.45, 2.75) is 67.7 Å². The van der Waals surface area contributed by atoms with Gasteiger partial charge in [0.1, 0.15) is 0 Å². The smallest absolute Gasteiger partial charge is 0.252 e. The first-order valence-electron chi connectivity index (χ1n) is 27.2. The second-order valence-corrected chi connectivity index (χ2v) is 22.8. The van der Waals surface area contributed by atoms with Crippen molar-refractivity contribution in [3.05, 3.63) is 245 Å². The summed E-state index contributed by atoms with van der Waals surface area (Å²) in [5, 5.41) is 2.46. The van der Waals surface area contributed by atoms with Gasteiger partial charge in [0.05, 0.1) is 22.6 Å². The summed E-state index contributed by atoms with van der Waals surface area (Å²) in [5.74, 6) is 0. The number of para-hydroxylation sites is 1. The van der Waals surface area contributed by atoms with E-state index in [9.17, 15) is 0 Å². The van der Waals surface area contributed by atoms with Crippen LogP contribution in [0.5, 0.6) is 0 Å². The van der Waals surface area contributed by atoms with Crippen molar-refractivity contribution in [3.8, 4) is 0 Å². The van der Waals surface area contributed by atoms with E-state index in [1.165, 1.54) is 82.8 Å². The van der Waals surface area contributed by atoms with Crippen molar-refractivity contribution in [3.63, 3.8) is 0 Å². The summed E-state index contributed by atoms with van der Waals surface area (Å²) < 4.78 is 2.45. The van der Waals surface area contributed by atoms with Crippen molar-refractivity contribution in [1.82, 2.24) is 4.57 Å². The second kappa shape index (κ2) is 18.2. The summed E-state index contributed by atoms with van der Waals surface area (Å²) in [4.78, 5) is 10.2. The van der Waals surface area contributed by atoms with Gasteiger partial charge in [0, 0.05) is 74.5 Å². The Balaban J connectivity index is 1.25. The number of fused-ring (bicyclic) bond motifs is 7. The molecule has 0 fully saturated rings. The molecule has 0 amide bonds. The Kier molecular flexibility index (Phi) is 11.4. The van der Waals surface area contributed by atoms with Gasteiger partial charge in [-0.15, -0.1) is 0 Å². The molecule has 1 aromatic heterocycles. The number of rotatable bonds is 8. The molecular weight excluding hydrogens is 934 g/mol. The summed E-state index contributed by atoms with van der Waals surface area (Å²) in [7, 11) is 2.26. The van der Waals surface area contributed by atoms with E-state index >= 15 is 0 Å². The number of benzene rings is 10. The number of aromatic nitrogens is 1. The minimum absolute atomic E-state index is 0.0463. The standard InChI is InChI=1S/C71H64BN5/c1-45-15-28-52(29-16-45)74(53-30-17-46(2)18-31-53)58-42-65-67-66(43-58)77(57-38-26-51(27-39-57)71(7,8)9)69-62(72(67)61-41-50(6)25-40-64(61)76(65)56-36-23-49(5)24-37-56)44-60-59-13-11-12-14-63(59)73(10)68(60)70(69)75(54-32-19-47(3)20-33-54)55-34-21-48(4)22-35-55/h11-44H,1-10H3. The molecule has 0 aliphatic carbocycles. The maximum atomic E-state index is 2.64. The van der Waals surface area contributed by atoms with Crippen molar-refractivity contribution in [2.75, 3.05) is 19.6 Å². The first kappa shape index (κ1) is 47.9. The Labute approximate surface area is 455 Å². The van der Waals surface area contributed by atoms with Crippen LogP contribution in [-0.4, -0.2) is 11.3 Å². The molecule has 0 radical (unpaired) electrons. The lowest BCUT2D eigenvalue weighted by Crippen LogP contribution is -2.61. The Morgan fingerprint density at radius 3 is 1.38 bits per heavy atom. The van der Waals surface area contributed by atoms with Crippen LogP contribution in [0.2, 0.25) is 0 Å². The quantitative estimate of drug-likeness (QED) is 0.141. The lowest BCUT2D eigenvalue weighted by atomic mass is 9.33. The highest BCUT2D eigenvalue weighted by molar-refractivity contribution is 7.00. The predicted molar refractivity (Wildman–Crippen MR) is 331 cm³/mol. The molecule has 10 aromatic carbocycles. The average Bonchev–Trinajstić information content (AvgIpc) is 4.00. The van der Waals surface area contributed by atoms with E-state index in [1.807, 2.05) is 0 Å². The molecule has 0 atom stereocenters. The van der Waals surface area contributed by atoms with Crippen LogP contribution in [0.3, 0.4) is 0 Å². The molecule has 77 heavy (non-hydrogen) atoms. The minimum Gasteiger partial charge on any atom is -0.342 e. The topological polar surface area (TPSA) is 17.9 Å². The van der Waals surface area contributed by atoms with Crippen molar-refractivity contribution >= 4 is 113 Å². The highest BCUT2D eigenvalue weighted by Crippen LogP contribution is 2.54. The van der Waals surface area contributed by atoms with Gasteiger partial charge in [-0.05, 0) is 166 Å². The Morgan fingerprint density at radius 2 is 0.844 bits per heavy atom. The highest BCUT2D eigenvalue weighted by atomic mass is 15.2. The van der Waals surface area contributed by atoms with Gasteiger partial charge in [0.15, 0.2) is 0 Å². The molecule has 6 heteroatoms. The predicted octanol–water partition coefficient (Wildman–Crippen LogP) is 17.5. The molecule has 13 rings (SSSR count). The molecule has 11 aromatic rings. The van der Waals surface area contributed by atoms with Crippen LogP contribution >= 0.6 is 0 Å². The first-order chi connectivity index (χ1) is 37.2. The van der Waals surface area contributed by atoms with Gasteiger partial charge < -0.3 is 24.2 Å². The summed E-state index contributed by atoms with van der Waals surface area (Å²) in [6.07, 6.45) is 0. The van der Waals surface area contributed by atoms with E-state index in [2.05, 4.69) is 300 Å². The minimum atomic E-state index is -0.155. The summed E-state index contributed by atoms with van der Waals surface area (Å²) in [6, 6.07) is 78.5. The third-order valence-corrected chi connectivity index (χ3v) is 16.3. The van der Waals surface area contributed by atoms with Gasteiger partial charge in [-0.3, -0.25) is 0 Å². The first-order valence-corrected chi connectivity index (χ1v) is 27.2. The Morgan fingerprint density at radius 1 is 0.390 bits per heavy atom. The van der Waals surface area contributed by atoms with Crippen molar-refractivity contribution in [2.24, 2.45) is 7.05 Å². The zero-order chi connectivity index (χ0) is 53.0. The molecule has 376 valence electrons. The molecule has 0 unspecified atom stereocenters. The molecule has 0 spiro atoms. The third-order valence-electron chi connectivity index (χ3n) is 16.3. The molecule has 0 N–H and O–H groups in total. The number of nitrogens with zero attached hydrogens (tertiary/aromatic N) is 5. The zero-order valence-electron chi connectivity index (χ0n) is 45.9. The van der Waals surface area contributed by atoms with Crippen LogP contribution in [0.25, 0.3) is 21.8 Å². The third kappa shape index (κ3) is 8.00. The molecule has 0 bridgehead atoms. The van der Waals surface area contributed by atoms with Gasteiger partial charge >= 0.3 is 0 Å². The van der Waals surface area contributed by atoms with Gasteiger partial charge in [-0.25, -0.2) is 0 Å². The van der Waals surface area contributed by atoms with Crippen LogP contribution in [0.15, 0.2) is 206 Å². The fourth-order valence-electron chi connectivity index (χ4n) is 12.2. The van der Waals surface area contributed by atoms with Crippen LogP contribution in [0.4, 0.5) is 68.2 Å². The largest absolute Gasteiger partial charge is 0.342 e. The van der Waals surface area contributed by atoms with Gasteiger partial charge in [0.25, 0.3) is 6.71 Å². The van der Waals surface area contributed by atoms with Gasteiger partial charge in [0.2, 0.25) is 0 Å². The van der Waals surface area contributed by atoms with Gasteiger partial charge in [-0.1, -0.05) is 163 Å². The van der Waals surface area contributed by atoms with E-state index < -0.39 is 0 Å². The fraction of sp³-hybridized carbons (Fsp3) is 0.155. The zero-order valence-corrected chi connectivity index (χ0v) is 45.9. The van der Waals surface area contributed by atoms with E-state index in [4.69, 9.17) is 0 Å². The number of aryl methyl sites for hydroxylation is 7. The summed E-state index contributed by atoms with van der Waals surface area (Å²) in [6.45, 7) is 19.9. The Bertz CT molecular complexity index is 3980.